The number of ether oxygens (including phenoxy) is 2. The van der Waals surface area contributed by atoms with Crippen molar-refractivity contribution >= 4 is 34.7 Å². The fourth-order valence-corrected chi connectivity index (χ4v) is 4.57. The molecule has 0 bridgehead atoms. The third kappa shape index (κ3) is 5.75. The molecule has 5 rings (SSSR count). The van der Waals surface area contributed by atoms with Crippen LogP contribution in [0.4, 0.5) is 28.8 Å². The number of methoxy groups -OCH3 is 2. The monoisotopic (exact) mass is 517 g/mol. The van der Waals surface area contributed by atoms with Crippen molar-refractivity contribution in [2.45, 2.75) is 25.3 Å². The smallest absolute Gasteiger partial charge is 0.261 e. The molecule has 0 spiro atoms. The van der Waals surface area contributed by atoms with Gasteiger partial charge in [0.1, 0.15) is 28.6 Å². The summed E-state index contributed by atoms with van der Waals surface area (Å²) in [6, 6.07) is 13.9. The van der Waals surface area contributed by atoms with Crippen molar-refractivity contribution < 1.29 is 14.3 Å². The molecular formula is C28H35N7O3. The number of nitrogens with zero attached hydrogens (tertiary/aromatic N) is 4. The topological polar surface area (TPSA) is 104 Å². The number of anilines is 5. The lowest BCUT2D eigenvalue weighted by Gasteiger charge is -2.34. The van der Waals surface area contributed by atoms with Crippen molar-refractivity contribution in [3.8, 4) is 11.5 Å². The van der Waals surface area contributed by atoms with Crippen LogP contribution in [0.2, 0.25) is 0 Å². The van der Waals surface area contributed by atoms with Crippen molar-refractivity contribution in [2.75, 3.05) is 68.3 Å². The Morgan fingerprint density at radius 1 is 0.974 bits per heavy atom. The Morgan fingerprint density at radius 2 is 1.66 bits per heavy atom. The lowest BCUT2D eigenvalue weighted by molar-refractivity contribution is 0.102. The number of hydrogen-bond acceptors (Lipinski definition) is 9. The van der Waals surface area contributed by atoms with E-state index < -0.39 is 0 Å². The average Bonchev–Trinajstić information content (AvgIpc) is 2.92. The molecule has 2 aromatic carbocycles. The number of piperazine rings is 1. The van der Waals surface area contributed by atoms with Crippen LogP contribution in [0.5, 0.6) is 11.5 Å². The molecule has 0 radical (unpaired) electrons. The van der Waals surface area contributed by atoms with E-state index in [0.717, 1.165) is 51.1 Å². The normalized spacial score (nSPS) is 15.9. The standard InChI is InChI=1S/C28H35N7O3/c1-34-14-16-35(17-15-34)21-12-10-20(11-13-21)31-28-29-18-22(26(33-28)30-19-6-4-7-19)27(36)32-25-23(37-2)8-5-9-24(25)38-3/h5,8-13,18-19H,4,6-7,14-17H2,1-3H3,(H,32,36)(H2,29,30,31,33). The van der Waals surface area contributed by atoms with Gasteiger partial charge in [-0.05, 0) is 62.7 Å². The van der Waals surface area contributed by atoms with Crippen molar-refractivity contribution in [1.29, 1.82) is 0 Å². The molecule has 1 amide bonds. The molecule has 2 aliphatic rings. The Balaban J connectivity index is 1.34. The highest BCUT2D eigenvalue weighted by Gasteiger charge is 2.24. The molecule has 1 saturated carbocycles. The summed E-state index contributed by atoms with van der Waals surface area (Å²) < 4.78 is 10.9. The van der Waals surface area contributed by atoms with Gasteiger partial charge < -0.3 is 35.2 Å². The maximum absolute atomic E-state index is 13.4. The first-order valence-electron chi connectivity index (χ1n) is 13.0. The molecule has 1 aromatic heterocycles. The second-order valence-electron chi connectivity index (χ2n) is 9.68. The van der Waals surface area contributed by atoms with Gasteiger partial charge in [0.05, 0.1) is 14.2 Å². The first-order chi connectivity index (χ1) is 18.5. The molecule has 200 valence electrons. The van der Waals surface area contributed by atoms with Crippen LogP contribution in [-0.4, -0.2) is 74.3 Å². The van der Waals surface area contributed by atoms with Crippen LogP contribution in [0.3, 0.4) is 0 Å². The van der Waals surface area contributed by atoms with Crippen LogP contribution in [-0.2, 0) is 0 Å². The van der Waals surface area contributed by atoms with Crippen LogP contribution >= 0.6 is 0 Å². The summed E-state index contributed by atoms with van der Waals surface area (Å²) in [7, 11) is 5.26. The number of hydrogen-bond donors (Lipinski definition) is 3. The molecular weight excluding hydrogens is 482 g/mol. The van der Waals surface area contributed by atoms with Gasteiger partial charge in [0.2, 0.25) is 5.95 Å². The molecule has 2 fully saturated rings. The maximum atomic E-state index is 13.4. The second-order valence-corrected chi connectivity index (χ2v) is 9.68. The third-order valence-electron chi connectivity index (χ3n) is 7.14. The lowest BCUT2D eigenvalue weighted by atomic mass is 9.93. The largest absolute Gasteiger partial charge is 0.494 e. The Labute approximate surface area is 223 Å². The van der Waals surface area contributed by atoms with Crippen molar-refractivity contribution in [2.24, 2.45) is 0 Å². The number of para-hydroxylation sites is 1. The lowest BCUT2D eigenvalue weighted by Crippen LogP contribution is -2.44. The summed E-state index contributed by atoms with van der Waals surface area (Å²) in [5.41, 5.74) is 2.89. The zero-order valence-corrected chi connectivity index (χ0v) is 22.2. The number of carbonyl (C=O) groups is 1. The van der Waals surface area contributed by atoms with Crippen LogP contribution in [0.1, 0.15) is 29.6 Å². The van der Waals surface area contributed by atoms with Crippen LogP contribution in [0.25, 0.3) is 0 Å². The molecule has 3 N–H and O–H groups in total. The molecule has 3 aromatic rings. The Hall–Kier alpha value is -4.05. The summed E-state index contributed by atoms with van der Waals surface area (Å²) in [5, 5.41) is 9.63. The number of carbonyl (C=O) groups excluding carboxylic acids is 1. The Morgan fingerprint density at radius 3 is 2.26 bits per heavy atom. The number of aromatic nitrogens is 2. The summed E-state index contributed by atoms with van der Waals surface area (Å²) in [6.07, 6.45) is 4.80. The average molecular weight is 518 g/mol. The number of rotatable bonds is 9. The summed E-state index contributed by atoms with van der Waals surface area (Å²) in [6.45, 7) is 4.17. The van der Waals surface area contributed by atoms with E-state index in [1.165, 1.54) is 5.69 Å². The van der Waals surface area contributed by atoms with E-state index in [4.69, 9.17) is 9.47 Å². The minimum Gasteiger partial charge on any atom is -0.494 e. The van der Waals surface area contributed by atoms with Gasteiger partial charge in [-0.1, -0.05) is 6.07 Å². The highest BCUT2D eigenvalue weighted by molar-refractivity contribution is 6.08. The molecule has 1 saturated heterocycles. The van der Waals surface area contributed by atoms with Crippen molar-refractivity contribution in [1.82, 2.24) is 14.9 Å². The minimum atomic E-state index is -0.349. The molecule has 10 nitrogen and oxygen atoms in total. The predicted molar refractivity (Wildman–Crippen MR) is 150 cm³/mol. The highest BCUT2D eigenvalue weighted by atomic mass is 16.5. The molecule has 0 atom stereocenters. The van der Waals surface area contributed by atoms with Gasteiger partial charge >= 0.3 is 0 Å². The van der Waals surface area contributed by atoms with Crippen LogP contribution in [0, 0.1) is 0 Å². The zero-order chi connectivity index (χ0) is 26.5. The quantitative estimate of drug-likeness (QED) is 0.385. The summed E-state index contributed by atoms with van der Waals surface area (Å²) in [5.74, 6) is 1.58. The number of likely N-dealkylation sites (N-methyl/N-ethyl adjacent to an activating group) is 1. The molecule has 10 heteroatoms. The van der Waals surface area contributed by atoms with E-state index in [2.05, 4.69) is 54.9 Å². The second kappa shape index (κ2) is 11.6. The maximum Gasteiger partial charge on any atom is 0.261 e. The van der Waals surface area contributed by atoms with E-state index in [1.807, 2.05) is 12.1 Å². The first-order valence-corrected chi connectivity index (χ1v) is 13.0. The fraction of sp³-hybridized carbons (Fsp3) is 0.393. The number of amides is 1. The summed E-state index contributed by atoms with van der Waals surface area (Å²) in [4.78, 5) is 27.2. The molecule has 38 heavy (non-hydrogen) atoms. The van der Waals surface area contributed by atoms with Gasteiger partial charge in [0.15, 0.2) is 0 Å². The van der Waals surface area contributed by atoms with E-state index >= 15 is 0 Å². The Bertz CT molecular complexity index is 1230. The number of nitrogens with one attached hydrogen (secondary N) is 3. The molecule has 1 aliphatic carbocycles. The minimum absolute atomic E-state index is 0.285. The SMILES string of the molecule is COc1cccc(OC)c1NC(=O)c1cnc(Nc2ccc(N3CCN(C)CC3)cc2)nc1NC1CCC1. The van der Waals surface area contributed by atoms with Gasteiger partial charge in [-0.15, -0.1) is 0 Å². The number of benzene rings is 2. The molecule has 1 aliphatic heterocycles. The molecule has 0 unspecified atom stereocenters. The van der Waals surface area contributed by atoms with Gasteiger partial charge in [-0.25, -0.2) is 4.98 Å². The highest BCUT2D eigenvalue weighted by Crippen LogP contribution is 2.35. The predicted octanol–water partition coefficient (Wildman–Crippen LogP) is 4.21. The van der Waals surface area contributed by atoms with E-state index in [0.29, 0.717) is 34.5 Å². The van der Waals surface area contributed by atoms with Gasteiger partial charge in [-0.2, -0.15) is 4.98 Å². The first kappa shape index (κ1) is 25.6. The summed E-state index contributed by atoms with van der Waals surface area (Å²) >= 11 is 0. The van der Waals surface area contributed by atoms with Crippen LogP contribution < -0.4 is 30.3 Å². The van der Waals surface area contributed by atoms with Gasteiger partial charge in [0.25, 0.3) is 5.91 Å². The van der Waals surface area contributed by atoms with E-state index in [-0.39, 0.29) is 11.9 Å². The Kier molecular flexibility index (Phi) is 7.78. The zero-order valence-electron chi connectivity index (χ0n) is 22.2. The van der Waals surface area contributed by atoms with E-state index in [9.17, 15) is 4.79 Å². The van der Waals surface area contributed by atoms with Gasteiger partial charge in [0, 0.05) is 49.8 Å². The van der Waals surface area contributed by atoms with E-state index in [1.54, 1.807) is 38.6 Å². The van der Waals surface area contributed by atoms with Crippen molar-refractivity contribution in [3.05, 3.63) is 54.2 Å². The molecule has 2 heterocycles. The fourth-order valence-electron chi connectivity index (χ4n) is 4.57. The van der Waals surface area contributed by atoms with Crippen molar-refractivity contribution in [3.63, 3.8) is 0 Å². The third-order valence-corrected chi connectivity index (χ3v) is 7.14. The van der Waals surface area contributed by atoms with Crippen LogP contribution in [0.15, 0.2) is 48.7 Å². The van der Waals surface area contributed by atoms with Gasteiger partial charge in [-0.3, -0.25) is 4.79 Å².